The molecule has 0 amide bonds. The molecule has 3 aliphatic rings. The molecule has 0 fully saturated rings. The van der Waals surface area contributed by atoms with Crippen LogP contribution >= 0.6 is 57.6 Å². The molecule has 0 bridgehead atoms. The van der Waals surface area contributed by atoms with Crippen LogP contribution in [0.4, 0.5) is 68.2 Å². The number of fused-ring (bicyclic) bond motifs is 6. The van der Waals surface area contributed by atoms with Gasteiger partial charge in [-0.25, -0.2) is 0 Å². The van der Waals surface area contributed by atoms with Gasteiger partial charge in [0, 0.05) is 85.0 Å². The molecule has 17 aromatic carbocycles. The van der Waals surface area contributed by atoms with Crippen LogP contribution in [-0.2, 0) is 23.7 Å². The number of allylic oxidation sites excluding steroid dienone is 6. The van der Waals surface area contributed by atoms with Crippen molar-refractivity contribution in [3.8, 4) is 55.6 Å². The Labute approximate surface area is 802 Å². The molecule has 133 heavy (non-hydrogen) atoms. The predicted molar refractivity (Wildman–Crippen MR) is 598 cm³/mol. The van der Waals surface area contributed by atoms with Crippen LogP contribution in [-0.4, -0.2) is 0 Å². The summed E-state index contributed by atoms with van der Waals surface area (Å²) in [5.41, 5.74) is 38.2. The summed E-state index contributed by atoms with van der Waals surface area (Å²) in [5.74, 6) is 0.390. The number of rotatable bonds is 23. The van der Waals surface area contributed by atoms with Gasteiger partial charge in [-0.05, 0) is 318 Å². The van der Waals surface area contributed by atoms with Gasteiger partial charge in [-0.1, -0.05) is 336 Å². The van der Waals surface area contributed by atoms with Crippen molar-refractivity contribution in [1.82, 2.24) is 0 Å². The highest BCUT2D eigenvalue weighted by molar-refractivity contribution is 8.98. The molecule has 4 nitrogen and oxygen atoms in total. The maximum Gasteiger partial charge on any atom is 0.0462 e. The maximum absolute atomic E-state index is 3.36. The fourth-order valence-electron chi connectivity index (χ4n) is 19.2. The van der Waals surface area contributed by atoms with Crippen molar-refractivity contribution in [2.45, 2.75) is 71.1 Å². The first-order valence-corrected chi connectivity index (χ1v) is 57.4. The molecule has 0 spiro atoms. The minimum atomic E-state index is -0.266. The molecule has 11 heteroatoms. The summed E-state index contributed by atoms with van der Waals surface area (Å²) in [4.78, 5) is 9.41. The van der Waals surface area contributed by atoms with Gasteiger partial charge in [0.05, 0.1) is 0 Å². The average molecular weight is 1850 g/mol. The van der Waals surface area contributed by atoms with E-state index in [9.17, 15) is 0 Å². The van der Waals surface area contributed by atoms with Crippen LogP contribution in [0, 0.1) is 19.8 Å². The van der Waals surface area contributed by atoms with Crippen molar-refractivity contribution in [3.63, 3.8) is 0 Å². The zero-order valence-electron chi connectivity index (χ0n) is 76.4. The third kappa shape index (κ3) is 20.7. The zero-order chi connectivity index (χ0) is 92.0. The SMILES string of the molecule is C=CC.C=CC.Cc1ccc(N(c2ccccc2)c2ccc(-c3ccc4c(c3)C(C)(C)c3cc(-c5ccc(N(c6ccccc6)c6ccc(-c7ccc(N(c8ccccc8)c8ccc(C9=CC%10C(C=C9)c9ccc(-c%11ccc(N(c%12ccccc%12)c%12ccc(C)cc%12)cc%11)cc9C%10(Cc9ccccc9)Cc9ccccc9)cc8)cc7)cc6)cc5)ccc3-4)cc2)cc1.PPP(P)P(P)P. The highest BCUT2D eigenvalue weighted by atomic mass is 33.0. The molecule has 20 rings (SSSR count). The summed E-state index contributed by atoms with van der Waals surface area (Å²) in [6, 6.07) is 159. The monoisotopic (exact) mass is 1850 g/mol. The minimum Gasteiger partial charge on any atom is -0.311 e. The molecular weight excluding hydrogens is 1740 g/mol. The Morgan fingerprint density at radius 1 is 0.316 bits per heavy atom. The van der Waals surface area contributed by atoms with Gasteiger partial charge >= 0.3 is 0 Å². The van der Waals surface area contributed by atoms with Crippen LogP contribution < -0.4 is 19.6 Å². The first kappa shape index (κ1) is 92.7. The zero-order valence-corrected chi connectivity index (χ0v) is 83.8. The summed E-state index contributed by atoms with van der Waals surface area (Å²) in [6.07, 6.45) is 12.9. The molecule has 0 radical (unpaired) electrons. The Bertz CT molecular complexity index is 6800. The van der Waals surface area contributed by atoms with Gasteiger partial charge in [0.25, 0.3) is 0 Å². The molecule has 0 saturated carbocycles. The van der Waals surface area contributed by atoms with Crippen molar-refractivity contribution in [2.24, 2.45) is 5.92 Å². The van der Waals surface area contributed by atoms with E-state index in [1.807, 2.05) is 13.8 Å². The summed E-state index contributed by atoms with van der Waals surface area (Å²) in [6.45, 7) is 20.0. The minimum absolute atomic E-state index is 0.184. The molecule has 17 aromatic rings. The van der Waals surface area contributed by atoms with E-state index in [1.54, 1.807) is 12.2 Å². The average Bonchev–Trinajstić information content (AvgIpc) is 1.57. The Morgan fingerprint density at radius 2 is 0.564 bits per heavy atom. The Kier molecular flexibility index (Phi) is 29.9. The molecule has 0 aliphatic heterocycles. The molecule has 3 aliphatic carbocycles. The smallest absolute Gasteiger partial charge is 0.0462 e. The molecule has 8 unspecified atom stereocenters. The van der Waals surface area contributed by atoms with E-state index < -0.39 is 0 Å². The van der Waals surface area contributed by atoms with Crippen LogP contribution in [0.5, 0.6) is 0 Å². The number of benzene rings is 17. The third-order valence-electron chi connectivity index (χ3n) is 25.7. The second-order valence-electron chi connectivity index (χ2n) is 34.8. The van der Waals surface area contributed by atoms with Crippen molar-refractivity contribution in [3.05, 3.63) is 524 Å². The van der Waals surface area contributed by atoms with Gasteiger partial charge in [-0.15, -0.1) is 48.9 Å². The predicted octanol–water partition coefficient (Wildman–Crippen LogP) is 37.3. The number of anilines is 12. The first-order chi connectivity index (χ1) is 65.0. The van der Waals surface area contributed by atoms with Gasteiger partial charge < -0.3 is 19.6 Å². The second kappa shape index (κ2) is 42.9. The van der Waals surface area contributed by atoms with E-state index in [1.165, 1.54) is 100 Å². The molecule has 656 valence electrons. The Hall–Kier alpha value is -12.1. The summed E-state index contributed by atoms with van der Waals surface area (Å²) in [7, 11) is 12.4. The third-order valence-corrected chi connectivity index (χ3v) is 56.1. The number of hydrogen-bond acceptors (Lipinski definition) is 4. The fraction of sp³-hybridized carbons (Fsp3) is 0.0984. The summed E-state index contributed by atoms with van der Waals surface area (Å²) < 4.78 is 0. The van der Waals surface area contributed by atoms with Crippen LogP contribution in [0.25, 0.3) is 61.2 Å². The lowest BCUT2D eigenvalue weighted by atomic mass is 9.64. The molecular formula is C122H113N4P7. The van der Waals surface area contributed by atoms with E-state index in [2.05, 4.69) is 545 Å². The topological polar surface area (TPSA) is 13.0 Å². The van der Waals surface area contributed by atoms with E-state index in [0.29, 0.717) is 0 Å². The molecule has 0 aromatic heterocycles. The standard InChI is InChI=1S/C116H92N4.2C3H6.H9P7/c1-81-35-55-99(56-36-81)117(95-27-15-7-16-28-95)103-63-43-87(44-64-103)91-51-71-107-108-72-52-92(76-112(108)115(3,4)111(107)75-91)88-45-65-105(66-46-88)119(97-31-19-9-20-32-97)101-59-39-85(40-60-101)86-41-61-102(62-42-86)120(98-33-21-10-22-34-98)106-69-49-90(50-70-106)94-54-74-110-109-73-53-93(89-47-67-104(68-48-89)118(96-29-17-8-18-30-96)100-57-37-82(2)38-58-100)77-113(109)116(114(110)78-94,79-83-23-11-5-12-24-83)80-84-25-13-6-14-26-84;2*1-3-2;1-5-7(4)6(2)3/h5-78,110,114H,79-80H2,1-4H3;2*3H,1H2,2H3;5H,1-4H2. The Balaban J connectivity index is 0.000000892. The number of para-hydroxylation sites is 4. The summed E-state index contributed by atoms with van der Waals surface area (Å²) in [5, 5.41) is 0. The fourth-order valence-corrected chi connectivity index (χ4v) is 35.3. The van der Waals surface area contributed by atoms with Gasteiger partial charge in [-0.2, -0.15) is 0 Å². The molecule has 0 heterocycles. The van der Waals surface area contributed by atoms with Crippen LogP contribution in [0.3, 0.4) is 0 Å². The number of aryl methyl sites for hydroxylation is 2. The van der Waals surface area contributed by atoms with Crippen LogP contribution in [0.15, 0.2) is 474 Å². The quantitative estimate of drug-likeness (QED) is 0.0467. The highest BCUT2D eigenvalue weighted by Gasteiger charge is 2.51. The van der Waals surface area contributed by atoms with Crippen molar-refractivity contribution in [2.75, 3.05) is 19.6 Å². The Morgan fingerprint density at radius 3 is 0.850 bits per heavy atom. The lowest BCUT2D eigenvalue weighted by Crippen LogP contribution is -2.37. The largest absolute Gasteiger partial charge is 0.311 e. The lowest BCUT2D eigenvalue weighted by Gasteiger charge is -2.39. The molecule has 0 N–H and O–H groups in total. The maximum atomic E-state index is 3.36. The van der Waals surface area contributed by atoms with Gasteiger partial charge in [0.15, 0.2) is 0 Å². The van der Waals surface area contributed by atoms with Crippen molar-refractivity contribution < 1.29 is 0 Å². The van der Waals surface area contributed by atoms with Crippen LogP contribution in [0.1, 0.15) is 83.7 Å². The van der Waals surface area contributed by atoms with E-state index in [0.717, 1.165) is 100 Å². The number of hydrogen-bond donors (Lipinski definition) is 0. The molecule has 0 saturated heterocycles. The second-order valence-corrected chi connectivity index (χ2v) is 57.0. The molecule has 8 atom stereocenters. The van der Waals surface area contributed by atoms with E-state index in [-0.39, 0.29) is 36.6 Å². The van der Waals surface area contributed by atoms with Gasteiger partial charge in [0.2, 0.25) is 0 Å². The number of nitrogens with zero attached hydrogens (tertiary/aromatic N) is 4. The van der Waals surface area contributed by atoms with Gasteiger partial charge in [0.1, 0.15) is 0 Å². The van der Waals surface area contributed by atoms with Gasteiger partial charge in [-0.3, -0.25) is 0 Å². The van der Waals surface area contributed by atoms with E-state index >= 15 is 0 Å². The van der Waals surface area contributed by atoms with Crippen molar-refractivity contribution >= 4 is 131 Å². The van der Waals surface area contributed by atoms with Crippen molar-refractivity contribution in [1.29, 1.82) is 0 Å². The van der Waals surface area contributed by atoms with Crippen LogP contribution in [0.2, 0.25) is 0 Å². The highest BCUT2D eigenvalue weighted by Crippen LogP contribution is 2.92. The first-order valence-electron chi connectivity index (χ1n) is 45.5. The lowest BCUT2D eigenvalue weighted by molar-refractivity contribution is 0.322. The normalized spacial score (nSPS) is 14.1. The van der Waals surface area contributed by atoms with E-state index in [4.69, 9.17) is 0 Å². The summed E-state index contributed by atoms with van der Waals surface area (Å²) >= 11 is 0.